The maximum Gasteiger partial charge on any atom is 0.491 e. The first-order valence-corrected chi connectivity index (χ1v) is 8.71. The lowest BCUT2D eigenvalue weighted by Gasteiger charge is -2.32. The van der Waals surface area contributed by atoms with Crippen molar-refractivity contribution in [1.82, 2.24) is 0 Å². The molecule has 1 aliphatic heterocycles. The molecule has 3 N–H and O–H groups in total. The van der Waals surface area contributed by atoms with Crippen LogP contribution in [0.3, 0.4) is 0 Å². The number of aryl methyl sites for hydroxylation is 1. The standard InChI is InChI=1S/C19H28BNO4/c1-18(2)19(3,4)25-20(24-18)16(13-21)12-15-10-8-14(9-11-15)6-5-7-17(22)23/h8-12H,5-7,13,21H2,1-4H3,(H,22,23). The number of carboxylic acids is 1. The first-order valence-electron chi connectivity index (χ1n) is 8.71. The van der Waals surface area contributed by atoms with E-state index in [1.807, 2.05) is 58.0 Å². The first-order chi connectivity index (χ1) is 11.6. The van der Waals surface area contributed by atoms with Gasteiger partial charge in [0.2, 0.25) is 0 Å². The number of aliphatic carboxylic acids is 1. The minimum Gasteiger partial charge on any atom is -0.481 e. The largest absolute Gasteiger partial charge is 0.491 e. The van der Waals surface area contributed by atoms with Crippen molar-refractivity contribution in [2.75, 3.05) is 6.54 Å². The van der Waals surface area contributed by atoms with E-state index in [0.29, 0.717) is 13.0 Å². The van der Waals surface area contributed by atoms with Crippen LogP contribution >= 0.6 is 0 Å². The Labute approximate surface area is 150 Å². The van der Waals surface area contributed by atoms with Crippen molar-refractivity contribution in [3.63, 3.8) is 0 Å². The molecule has 1 saturated heterocycles. The summed E-state index contributed by atoms with van der Waals surface area (Å²) in [6.07, 6.45) is 3.60. The molecule has 1 aromatic rings. The van der Waals surface area contributed by atoms with E-state index in [1.165, 1.54) is 0 Å². The van der Waals surface area contributed by atoms with Crippen LogP contribution in [0, 0.1) is 0 Å². The Morgan fingerprint density at radius 2 is 1.72 bits per heavy atom. The van der Waals surface area contributed by atoms with E-state index in [4.69, 9.17) is 20.1 Å². The van der Waals surface area contributed by atoms with E-state index in [-0.39, 0.29) is 17.6 Å². The fraction of sp³-hybridized carbons (Fsp3) is 0.526. The molecule has 2 rings (SSSR count). The predicted molar refractivity (Wildman–Crippen MR) is 100 cm³/mol. The van der Waals surface area contributed by atoms with Gasteiger partial charge in [0.1, 0.15) is 0 Å². The van der Waals surface area contributed by atoms with Crippen molar-refractivity contribution in [2.24, 2.45) is 5.73 Å². The molecule has 5 nitrogen and oxygen atoms in total. The highest BCUT2D eigenvalue weighted by atomic mass is 16.7. The van der Waals surface area contributed by atoms with E-state index in [2.05, 4.69) is 0 Å². The van der Waals surface area contributed by atoms with Crippen molar-refractivity contribution < 1.29 is 19.2 Å². The molecular weight excluding hydrogens is 317 g/mol. The SMILES string of the molecule is CC1(C)OB(C(=Cc2ccc(CCCC(=O)O)cc2)CN)OC1(C)C. The highest BCUT2D eigenvalue weighted by Gasteiger charge is 2.52. The molecule has 1 aliphatic rings. The van der Waals surface area contributed by atoms with Gasteiger partial charge in [0.25, 0.3) is 0 Å². The molecule has 0 bridgehead atoms. The molecule has 0 saturated carbocycles. The van der Waals surface area contributed by atoms with Gasteiger partial charge in [0.15, 0.2) is 0 Å². The number of nitrogens with two attached hydrogens (primary N) is 1. The zero-order chi connectivity index (χ0) is 18.7. The third-order valence-corrected chi connectivity index (χ3v) is 4.98. The van der Waals surface area contributed by atoms with Gasteiger partial charge in [-0.25, -0.2) is 0 Å². The van der Waals surface area contributed by atoms with Crippen molar-refractivity contribution in [3.8, 4) is 0 Å². The highest BCUT2D eigenvalue weighted by Crippen LogP contribution is 2.38. The maximum atomic E-state index is 10.6. The molecular formula is C19H28BNO4. The zero-order valence-corrected chi connectivity index (χ0v) is 15.5. The van der Waals surface area contributed by atoms with Crippen LogP contribution in [-0.4, -0.2) is 35.9 Å². The summed E-state index contributed by atoms with van der Waals surface area (Å²) in [5.41, 5.74) is 8.19. The Hall–Kier alpha value is -1.63. The summed E-state index contributed by atoms with van der Waals surface area (Å²) in [5, 5.41) is 8.70. The van der Waals surface area contributed by atoms with Gasteiger partial charge < -0.3 is 20.1 Å². The Bertz CT molecular complexity index is 621. The number of carbonyl (C=O) groups is 1. The smallest absolute Gasteiger partial charge is 0.481 e. The van der Waals surface area contributed by atoms with Crippen LogP contribution in [0.5, 0.6) is 0 Å². The summed E-state index contributed by atoms with van der Waals surface area (Å²) >= 11 is 0. The Kier molecular flexibility index (Phi) is 6.09. The van der Waals surface area contributed by atoms with Crippen molar-refractivity contribution in [3.05, 3.63) is 40.9 Å². The Morgan fingerprint density at radius 3 is 2.20 bits per heavy atom. The first kappa shape index (κ1) is 19.7. The topological polar surface area (TPSA) is 81.8 Å². The zero-order valence-electron chi connectivity index (χ0n) is 15.5. The van der Waals surface area contributed by atoms with E-state index in [0.717, 1.165) is 23.0 Å². The summed E-state index contributed by atoms with van der Waals surface area (Å²) in [6, 6.07) is 8.06. The van der Waals surface area contributed by atoms with Crippen molar-refractivity contribution in [2.45, 2.75) is 58.2 Å². The Morgan fingerprint density at radius 1 is 1.16 bits per heavy atom. The molecule has 136 valence electrons. The van der Waals surface area contributed by atoms with Gasteiger partial charge in [-0.15, -0.1) is 0 Å². The second kappa shape index (κ2) is 7.73. The Balaban J connectivity index is 2.06. The van der Waals surface area contributed by atoms with Gasteiger partial charge in [-0.1, -0.05) is 30.3 Å². The van der Waals surface area contributed by atoms with Crippen LogP contribution < -0.4 is 5.73 Å². The summed E-state index contributed by atoms with van der Waals surface area (Å²) in [4.78, 5) is 10.6. The predicted octanol–water partition coefficient (Wildman–Crippen LogP) is 3.07. The van der Waals surface area contributed by atoms with E-state index < -0.39 is 13.1 Å². The lowest BCUT2D eigenvalue weighted by molar-refractivity contribution is -0.137. The summed E-state index contributed by atoms with van der Waals surface area (Å²) in [6.45, 7) is 8.44. The normalized spacial score (nSPS) is 19.2. The average Bonchev–Trinajstić information content (AvgIpc) is 2.74. The number of hydrogen-bond acceptors (Lipinski definition) is 4. The minimum atomic E-state index is -0.755. The molecule has 25 heavy (non-hydrogen) atoms. The van der Waals surface area contributed by atoms with Crippen LogP contribution in [0.25, 0.3) is 6.08 Å². The number of hydrogen-bond donors (Lipinski definition) is 2. The molecule has 1 aromatic carbocycles. The number of rotatable bonds is 7. The third kappa shape index (κ3) is 4.94. The second-order valence-electron chi connectivity index (χ2n) is 7.50. The van der Waals surface area contributed by atoms with Crippen molar-refractivity contribution >= 4 is 19.2 Å². The molecule has 0 unspecified atom stereocenters. The molecule has 1 heterocycles. The summed E-state index contributed by atoms with van der Waals surface area (Å²) < 4.78 is 12.1. The quantitative estimate of drug-likeness (QED) is 0.742. The second-order valence-corrected chi connectivity index (χ2v) is 7.50. The average molecular weight is 345 g/mol. The number of benzene rings is 1. The lowest BCUT2D eigenvalue weighted by Crippen LogP contribution is -2.41. The number of carboxylic acid groups (broad SMARTS) is 1. The molecule has 1 fully saturated rings. The van der Waals surface area contributed by atoms with Crippen LogP contribution in [-0.2, 0) is 20.5 Å². The van der Waals surface area contributed by atoms with E-state index in [9.17, 15) is 4.79 Å². The molecule has 0 spiro atoms. The van der Waals surface area contributed by atoms with Crippen LogP contribution in [0.4, 0.5) is 0 Å². The van der Waals surface area contributed by atoms with Crippen molar-refractivity contribution in [1.29, 1.82) is 0 Å². The highest BCUT2D eigenvalue weighted by molar-refractivity contribution is 6.55. The fourth-order valence-electron chi connectivity index (χ4n) is 2.66. The van der Waals surface area contributed by atoms with Gasteiger partial charge in [0.05, 0.1) is 11.2 Å². The van der Waals surface area contributed by atoms with Crippen LogP contribution in [0.15, 0.2) is 29.7 Å². The van der Waals surface area contributed by atoms with Gasteiger partial charge in [0, 0.05) is 13.0 Å². The van der Waals surface area contributed by atoms with Crippen LogP contribution in [0.2, 0.25) is 0 Å². The van der Waals surface area contributed by atoms with E-state index in [1.54, 1.807) is 0 Å². The molecule has 0 atom stereocenters. The van der Waals surface area contributed by atoms with Gasteiger partial charge in [-0.05, 0) is 57.1 Å². The van der Waals surface area contributed by atoms with Gasteiger partial charge >= 0.3 is 13.1 Å². The minimum absolute atomic E-state index is 0.195. The van der Waals surface area contributed by atoms with Gasteiger partial charge in [-0.2, -0.15) is 0 Å². The molecule has 0 aromatic heterocycles. The summed E-state index contributed by atoms with van der Waals surface area (Å²) in [7, 11) is -0.440. The molecule has 0 aliphatic carbocycles. The van der Waals surface area contributed by atoms with E-state index >= 15 is 0 Å². The molecule has 0 amide bonds. The van der Waals surface area contributed by atoms with Gasteiger partial charge in [-0.3, -0.25) is 4.79 Å². The lowest BCUT2D eigenvalue weighted by atomic mass is 9.77. The van der Waals surface area contributed by atoms with Crippen LogP contribution in [0.1, 0.15) is 51.7 Å². The fourth-order valence-corrected chi connectivity index (χ4v) is 2.66. The summed E-state index contributed by atoms with van der Waals surface area (Å²) in [5.74, 6) is -0.755. The molecule has 6 heteroatoms. The maximum absolute atomic E-state index is 10.6. The molecule has 0 radical (unpaired) electrons. The third-order valence-electron chi connectivity index (χ3n) is 4.98. The monoisotopic (exact) mass is 345 g/mol.